The van der Waals surface area contributed by atoms with E-state index in [0.717, 1.165) is 22.1 Å². The minimum absolute atomic E-state index is 0.120. The number of halogens is 3. The number of ether oxygens (including phenoxy) is 1. The summed E-state index contributed by atoms with van der Waals surface area (Å²) in [6, 6.07) is 6.17. The maximum atomic E-state index is 13.0. The van der Waals surface area contributed by atoms with Crippen LogP contribution < -0.4 is 20.3 Å². The van der Waals surface area contributed by atoms with E-state index in [1.165, 1.54) is 18.5 Å². The maximum Gasteiger partial charge on any atom is 0.417 e. The molecule has 1 aliphatic heterocycles. The van der Waals surface area contributed by atoms with Crippen LogP contribution in [0.5, 0.6) is 11.6 Å². The van der Waals surface area contributed by atoms with Crippen molar-refractivity contribution in [3.05, 3.63) is 60.2 Å². The SMILES string of the molecule is CCc1cc(Oc2cc(N)ncn2)ccc1N1C(=O)CN(c2cncc(C(F)(F)F)c2)C1=O. The number of alkyl halides is 3. The molecule has 0 saturated carbocycles. The molecule has 2 aromatic heterocycles. The number of aromatic nitrogens is 3. The van der Waals surface area contributed by atoms with Crippen molar-refractivity contribution in [3.8, 4) is 11.6 Å². The summed E-state index contributed by atoms with van der Waals surface area (Å²) in [6.45, 7) is 1.41. The Morgan fingerprint density at radius 3 is 2.61 bits per heavy atom. The van der Waals surface area contributed by atoms with E-state index >= 15 is 0 Å². The van der Waals surface area contributed by atoms with Gasteiger partial charge in [0.15, 0.2) is 0 Å². The number of nitrogens with two attached hydrogens (primary N) is 1. The Bertz CT molecular complexity index is 1230. The van der Waals surface area contributed by atoms with Crippen LogP contribution in [0.3, 0.4) is 0 Å². The van der Waals surface area contributed by atoms with Crippen molar-refractivity contribution in [1.82, 2.24) is 15.0 Å². The molecule has 4 rings (SSSR count). The highest BCUT2D eigenvalue weighted by Crippen LogP contribution is 2.35. The zero-order chi connectivity index (χ0) is 23.8. The van der Waals surface area contributed by atoms with Gasteiger partial charge < -0.3 is 10.5 Å². The van der Waals surface area contributed by atoms with Crippen molar-refractivity contribution >= 4 is 29.1 Å². The number of urea groups is 1. The molecule has 12 heteroatoms. The van der Waals surface area contributed by atoms with Gasteiger partial charge in [-0.15, -0.1) is 0 Å². The van der Waals surface area contributed by atoms with Crippen molar-refractivity contribution in [1.29, 1.82) is 0 Å². The van der Waals surface area contributed by atoms with Crippen LogP contribution in [0.15, 0.2) is 49.1 Å². The molecule has 1 aromatic carbocycles. The molecule has 0 radical (unpaired) electrons. The predicted octanol–water partition coefficient (Wildman–Crippen LogP) is 3.80. The lowest BCUT2D eigenvalue weighted by Crippen LogP contribution is -2.33. The molecule has 33 heavy (non-hydrogen) atoms. The second kappa shape index (κ2) is 8.37. The molecule has 3 aromatic rings. The fourth-order valence-corrected chi connectivity index (χ4v) is 3.33. The van der Waals surface area contributed by atoms with Gasteiger partial charge in [-0.05, 0) is 36.2 Å². The second-order valence-electron chi connectivity index (χ2n) is 7.05. The Morgan fingerprint density at radius 2 is 1.91 bits per heavy atom. The monoisotopic (exact) mass is 458 g/mol. The number of benzene rings is 1. The molecule has 0 aliphatic carbocycles. The van der Waals surface area contributed by atoms with E-state index in [9.17, 15) is 22.8 Å². The highest BCUT2D eigenvalue weighted by molar-refractivity contribution is 6.27. The van der Waals surface area contributed by atoms with Crippen LogP contribution in [-0.2, 0) is 17.4 Å². The molecule has 9 nitrogen and oxygen atoms in total. The molecule has 3 amide bonds. The predicted molar refractivity (Wildman–Crippen MR) is 112 cm³/mol. The average Bonchev–Trinajstić information content (AvgIpc) is 3.07. The third-order valence-corrected chi connectivity index (χ3v) is 4.89. The maximum absolute atomic E-state index is 13.0. The topological polar surface area (TPSA) is 115 Å². The number of nitrogens with zero attached hydrogens (tertiary/aromatic N) is 5. The Balaban J connectivity index is 1.62. The first-order valence-electron chi connectivity index (χ1n) is 9.72. The quantitative estimate of drug-likeness (QED) is 0.579. The number of carbonyl (C=O) groups excluding carboxylic acids is 2. The number of hydrogen-bond acceptors (Lipinski definition) is 7. The highest BCUT2D eigenvalue weighted by atomic mass is 19.4. The fourth-order valence-electron chi connectivity index (χ4n) is 3.33. The van der Waals surface area contributed by atoms with Gasteiger partial charge in [0, 0.05) is 12.3 Å². The summed E-state index contributed by atoms with van der Waals surface area (Å²) >= 11 is 0. The van der Waals surface area contributed by atoms with Crippen LogP contribution in [-0.4, -0.2) is 33.4 Å². The van der Waals surface area contributed by atoms with Crippen molar-refractivity contribution in [2.75, 3.05) is 22.1 Å². The number of imide groups is 1. The van der Waals surface area contributed by atoms with E-state index in [1.807, 2.05) is 6.92 Å². The third-order valence-electron chi connectivity index (χ3n) is 4.89. The smallest absolute Gasteiger partial charge is 0.417 e. The number of hydrogen-bond donors (Lipinski definition) is 1. The molecule has 1 saturated heterocycles. The highest BCUT2D eigenvalue weighted by Gasteiger charge is 2.40. The molecule has 1 aliphatic rings. The lowest BCUT2D eigenvalue weighted by molar-refractivity contribution is -0.137. The Labute approximate surface area is 185 Å². The summed E-state index contributed by atoms with van der Waals surface area (Å²) in [5.74, 6) is 0.259. The number of aryl methyl sites for hydroxylation is 1. The first kappa shape index (κ1) is 22.0. The van der Waals surface area contributed by atoms with Crippen molar-refractivity contribution < 1.29 is 27.5 Å². The fraction of sp³-hybridized carbons (Fsp3) is 0.190. The summed E-state index contributed by atoms with van der Waals surface area (Å²) in [6.07, 6.45) is -1.17. The van der Waals surface area contributed by atoms with Gasteiger partial charge in [-0.2, -0.15) is 13.2 Å². The summed E-state index contributed by atoms with van der Waals surface area (Å²) in [5, 5.41) is 0. The summed E-state index contributed by atoms with van der Waals surface area (Å²) in [5.41, 5.74) is 5.40. The van der Waals surface area contributed by atoms with E-state index in [4.69, 9.17) is 10.5 Å². The summed E-state index contributed by atoms with van der Waals surface area (Å²) < 4.78 is 44.8. The van der Waals surface area contributed by atoms with Crippen molar-refractivity contribution in [3.63, 3.8) is 0 Å². The van der Waals surface area contributed by atoms with Gasteiger partial charge >= 0.3 is 12.2 Å². The lowest BCUT2D eigenvalue weighted by atomic mass is 10.1. The summed E-state index contributed by atoms with van der Waals surface area (Å²) in [7, 11) is 0. The van der Waals surface area contributed by atoms with E-state index in [2.05, 4.69) is 15.0 Å². The van der Waals surface area contributed by atoms with E-state index in [-0.39, 0.29) is 17.4 Å². The van der Waals surface area contributed by atoms with Gasteiger partial charge in [0.05, 0.1) is 23.1 Å². The van der Waals surface area contributed by atoms with Gasteiger partial charge in [0.2, 0.25) is 5.88 Å². The molecule has 1 fully saturated rings. The van der Waals surface area contributed by atoms with E-state index in [1.54, 1.807) is 12.1 Å². The van der Waals surface area contributed by atoms with Crippen LogP contribution in [0, 0.1) is 0 Å². The first-order chi connectivity index (χ1) is 15.7. The van der Waals surface area contributed by atoms with Gasteiger partial charge in [-0.3, -0.25) is 14.7 Å². The van der Waals surface area contributed by atoms with Crippen LogP contribution in [0.25, 0.3) is 0 Å². The zero-order valence-electron chi connectivity index (χ0n) is 17.2. The number of anilines is 3. The number of pyridine rings is 1. The van der Waals surface area contributed by atoms with Crippen LogP contribution in [0.4, 0.5) is 35.2 Å². The van der Waals surface area contributed by atoms with Crippen LogP contribution in [0.2, 0.25) is 0 Å². The molecular weight excluding hydrogens is 441 g/mol. The lowest BCUT2D eigenvalue weighted by Gasteiger charge is -2.20. The zero-order valence-corrected chi connectivity index (χ0v) is 17.2. The van der Waals surface area contributed by atoms with Gasteiger partial charge in [-0.1, -0.05) is 6.92 Å². The summed E-state index contributed by atoms with van der Waals surface area (Å²) in [4.78, 5) is 38.9. The number of amides is 3. The number of rotatable bonds is 5. The molecule has 3 heterocycles. The molecule has 2 N–H and O–H groups in total. The first-order valence-corrected chi connectivity index (χ1v) is 9.72. The average molecular weight is 458 g/mol. The normalized spacial score (nSPS) is 14.2. The molecule has 0 bridgehead atoms. The second-order valence-corrected chi connectivity index (χ2v) is 7.05. The van der Waals surface area contributed by atoms with Crippen LogP contribution >= 0.6 is 0 Å². The Morgan fingerprint density at radius 1 is 1.12 bits per heavy atom. The minimum atomic E-state index is -4.63. The largest absolute Gasteiger partial charge is 0.439 e. The molecule has 0 unspecified atom stereocenters. The standard InChI is InChI=1S/C21H17F3N6O3/c1-2-12-5-15(33-18-7-17(25)27-11-28-18)3-4-16(12)30-19(31)10-29(20(30)32)14-6-13(8-26-9-14)21(22,23)24/h3-9,11H,2,10H2,1H3,(H2,25,27,28). The van der Waals surface area contributed by atoms with E-state index < -0.39 is 30.2 Å². The van der Waals surface area contributed by atoms with Crippen LogP contribution in [0.1, 0.15) is 18.1 Å². The van der Waals surface area contributed by atoms with Gasteiger partial charge in [0.1, 0.15) is 24.4 Å². The number of nitrogen functional groups attached to an aromatic ring is 1. The molecule has 0 spiro atoms. The molecule has 0 atom stereocenters. The van der Waals surface area contributed by atoms with Crippen molar-refractivity contribution in [2.45, 2.75) is 19.5 Å². The molecule has 170 valence electrons. The molecular formula is C21H17F3N6O3. The minimum Gasteiger partial charge on any atom is -0.439 e. The van der Waals surface area contributed by atoms with E-state index in [0.29, 0.717) is 29.6 Å². The third kappa shape index (κ3) is 4.40. The Kier molecular flexibility index (Phi) is 5.58. The van der Waals surface area contributed by atoms with Crippen molar-refractivity contribution in [2.24, 2.45) is 0 Å². The van der Waals surface area contributed by atoms with Gasteiger partial charge in [-0.25, -0.2) is 19.7 Å². The number of carbonyl (C=O) groups is 2. The Hall–Kier alpha value is -4.22. The van der Waals surface area contributed by atoms with Gasteiger partial charge in [0.25, 0.3) is 5.91 Å².